The molecule has 4 heteroatoms. The highest BCUT2D eigenvalue weighted by Crippen LogP contribution is 2.10. The second kappa shape index (κ2) is 3.00. The molecule has 1 rings (SSSR count). The summed E-state index contributed by atoms with van der Waals surface area (Å²) in [7, 11) is -3.16. The molecule has 0 aromatic carbocycles. The van der Waals surface area contributed by atoms with E-state index in [4.69, 9.17) is 0 Å². The van der Waals surface area contributed by atoms with Crippen molar-refractivity contribution in [2.75, 3.05) is 0 Å². The van der Waals surface area contributed by atoms with Gasteiger partial charge in [-0.25, -0.2) is 8.42 Å². The number of hydrogen-bond donors (Lipinski definition) is 0. The summed E-state index contributed by atoms with van der Waals surface area (Å²) < 4.78 is 22.2. The van der Waals surface area contributed by atoms with Gasteiger partial charge in [0.2, 0.25) is 0 Å². The van der Waals surface area contributed by atoms with Crippen molar-refractivity contribution >= 4 is 9.84 Å². The molecule has 1 heterocycles. The van der Waals surface area contributed by atoms with Crippen LogP contribution in [0, 0.1) is 5.75 Å². The normalized spacial score (nSPS) is 11.4. The van der Waals surface area contributed by atoms with E-state index in [2.05, 4.69) is 4.98 Å². The Hall–Kier alpha value is -0.900. The van der Waals surface area contributed by atoms with E-state index in [1.807, 2.05) is 0 Å². The summed E-state index contributed by atoms with van der Waals surface area (Å²) in [6, 6.07) is 2.94. The van der Waals surface area contributed by atoms with Crippen LogP contribution in [0.1, 0.15) is 6.92 Å². The van der Waals surface area contributed by atoms with E-state index >= 15 is 0 Å². The van der Waals surface area contributed by atoms with E-state index in [-0.39, 0.29) is 4.90 Å². The van der Waals surface area contributed by atoms with Gasteiger partial charge in [-0.15, -0.1) is 0 Å². The van der Waals surface area contributed by atoms with Crippen LogP contribution in [-0.2, 0) is 9.84 Å². The summed E-state index contributed by atoms with van der Waals surface area (Å²) in [6.45, 7) is 1.50. The molecule has 0 aliphatic carbocycles. The van der Waals surface area contributed by atoms with Crippen LogP contribution in [0.2, 0.25) is 0 Å². The lowest BCUT2D eigenvalue weighted by molar-refractivity contribution is 0.601. The molecule has 0 amide bonds. The Bertz CT molecular complexity index is 318. The first kappa shape index (κ1) is 8.20. The maximum atomic E-state index is 11.1. The zero-order chi connectivity index (χ0) is 8.32. The average Bonchev–Trinajstić information content (AvgIpc) is 2.06. The molecule has 0 spiro atoms. The third kappa shape index (κ3) is 1.77. The van der Waals surface area contributed by atoms with Gasteiger partial charge in [0, 0.05) is 12.4 Å². The van der Waals surface area contributed by atoms with Crippen LogP contribution >= 0.6 is 0 Å². The van der Waals surface area contributed by atoms with Gasteiger partial charge in [0.25, 0.3) is 0 Å². The summed E-state index contributed by atoms with van der Waals surface area (Å²) in [6.07, 6.45) is 2.91. The molecule has 0 saturated heterocycles. The fraction of sp³-hybridized carbons (Fsp3) is 0.143. The van der Waals surface area contributed by atoms with Crippen molar-refractivity contribution in [3.05, 3.63) is 30.3 Å². The van der Waals surface area contributed by atoms with E-state index in [1.165, 1.54) is 37.2 Å². The Balaban J connectivity index is 3.14. The Morgan fingerprint density at radius 3 is 2.36 bits per heavy atom. The van der Waals surface area contributed by atoms with Crippen molar-refractivity contribution in [2.45, 2.75) is 11.8 Å². The third-order valence-electron chi connectivity index (χ3n) is 1.29. The SMILES string of the molecule is C[CH]S(=O)(=O)c1ccncc1. The molecule has 1 radical (unpaired) electrons. The number of nitrogens with zero attached hydrogens (tertiary/aromatic N) is 1. The van der Waals surface area contributed by atoms with Crippen molar-refractivity contribution in [3.8, 4) is 0 Å². The van der Waals surface area contributed by atoms with Gasteiger partial charge in [0.05, 0.1) is 10.6 Å². The van der Waals surface area contributed by atoms with Crippen molar-refractivity contribution in [2.24, 2.45) is 0 Å². The topological polar surface area (TPSA) is 47.0 Å². The Labute approximate surface area is 66.0 Å². The Kier molecular flexibility index (Phi) is 2.24. The number of hydrogen-bond acceptors (Lipinski definition) is 3. The minimum absolute atomic E-state index is 0.287. The van der Waals surface area contributed by atoms with Gasteiger partial charge in [-0.3, -0.25) is 4.98 Å². The third-order valence-corrected chi connectivity index (χ3v) is 2.84. The summed E-state index contributed by atoms with van der Waals surface area (Å²) >= 11 is 0. The molecule has 59 valence electrons. The van der Waals surface area contributed by atoms with Crippen LogP contribution in [-0.4, -0.2) is 13.4 Å². The lowest BCUT2D eigenvalue weighted by Crippen LogP contribution is -1.98. The van der Waals surface area contributed by atoms with Gasteiger partial charge < -0.3 is 0 Å². The zero-order valence-corrected chi connectivity index (χ0v) is 6.88. The van der Waals surface area contributed by atoms with E-state index in [0.717, 1.165) is 0 Å². The van der Waals surface area contributed by atoms with Crippen molar-refractivity contribution in [1.82, 2.24) is 4.98 Å². The molecule has 0 bridgehead atoms. The lowest BCUT2D eigenvalue weighted by atomic mass is 10.5. The molecule has 0 aliphatic heterocycles. The standard InChI is InChI=1S/C7H8NO2S/c1-2-11(9,10)7-3-5-8-6-4-7/h2-6H,1H3. The van der Waals surface area contributed by atoms with Gasteiger partial charge in [-0.1, -0.05) is 0 Å². The largest absolute Gasteiger partial charge is 0.265 e. The highest BCUT2D eigenvalue weighted by atomic mass is 32.2. The first-order chi connectivity index (χ1) is 5.17. The molecule has 3 nitrogen and oxygen atoms in total. The zero-order valence-electron chi connectivity index (χ0n) is 6.06. The minimum Gasteiger partial charge on any atom is -0.265 e. The first-order valence-electron chi connectivity index (χ1n) is 3.11. The highest BCUT2D eigenvalue weighted by molar-refractivity contribution is 7.93. The highest BCUT2D eigenvalue weighted by Gasteiger charge is 2.09. The Morgan fingerprint density at radius 1 is 1.36 bits per heavy atom. The van der Waals surface area contributed by atoms with Crippen molar-refractivity contribution < 1.29 is 8.42 Å². The van der Waals surface area contributed by atoms with E-state index < -0.39 is 9.84 Å². The molecule has 0 saturated carbocycles. The number of pyridine rings is 1. The first-order valence-corrected chi connectivity index (χ1v) is 4.66. The molecule has 0 fully saturated rings. The van der Waals surface area contributed by atoms with Crippen molar-refractivity contribution in [3.63, 3.8) is 0 Å². The molecule has 1 aromatic rings. The van der Waals surface area contributed by atoms with E-state index in [0.29, 0.717) is 0 Å². The molecule has 1 aromatic heterocycles. The smallest absolute Gasteiger partial charge is 0.182 e. The molecule has 0 unspecified atom stereocenters. The van der Waals surface area contributed by atoms with Gasteiger partial charge in [-0.05, 0) is 19.1 Å². The monoisotopic (exact) mass is 170 g/mol. The molecule has 11 heavy (non-hydrogen) atoms. The maximum Gasteiger partial charge on any atom is 0.182 e. The van der Waals surface area contributed by atoms with Gasteiger partial charge in [-0.2, -0.15) is 0 Å². The fourth-order valence-corrected chi connectivity index (χ4v) is 1.44. The number of aromatic nitrogens is 1. The van der Waals surface area contributed by atoms with Gasteiger partial charge in [0.15, 0.2) is 9.84 Å². The second-order valence-electron chi connectivity index (χ2n) is 1.96. The second-order valence-corrected chi connectivity index (χ2v) is 4.00. The van der Waals surface area contributed by atoms with Crippen LogP contribution in [0.5, 0.6) is 0 Å². The number of sulfone groups is 1. The van der Waals surface area contributed by atoms with Gasteiger partial charge >= 0.3 is 0 Å². The minimum atomic E-state index is -3.16. The molecule has 0 atom stereocenters. The van der Waals surface area contributed by atoms with E-state index in [9.17, 15) is 8.42 Å². The molecular formula is C7H8NO2S. The summed E-state index contributed by atoms with van der Waals surface area (Å²) in [5, 5.41) is 0. The van der Waals surface area contributed by atoms with Crippen LogP contribution in [0.15, 0.2) is 29.4 Å². The fourth-order valence-electron chi connectivity index (χ4n) is 0.664. The van der Waals surface area contributed by atoms with Crippen LogP contribution in [0.3, 0.4) is 0 Å². The van der Waals surface area contributed by atoms with Crippen LogP contribution in [0.4, 0.5) is 0 Å². The van der Waals surface area contributed by atoms with Gasteiger partial charge in [0.1, 0.15) is 0 Å². The number of rotatable bonds is 2. The summed E-state index contributed by atoms with van der Waals surface area (Å²) in [5.74, 6) is 1.17. The predicted molar refractivity (Wildman–Crippen MR) is 41.4 cm³/mol. The van der Waals surface area contributed by atoms with Crippen molar-refractivity contribution in [1.29, 1.82) is 0 Å². The van der Waals surface area contributed by atoms with E-state index in [1.54, 1.807) is 0 Å². The van der Waals surface area contributed by atoms with Crippen LogP contribution < -0.4 is 0 Å². The quantitative estimate of drug-likeness (QED) is 0.666. The predicted octanol–water partition coefficient (Wildman–Crippen LogP) is 1.04. The molecule has 0 N–H and O–H groups in total. The summed E-state index contributed by atoms with van der Waals surface area (Å²) in [4.78, 5) is 4.00. The maximum absolute atomic E-state index is 11.1. The summed E-state index contributed by atoms with van der Waals surface area (Å²) in [5.41, 5.74) is 0. The molecular weight excluding hydrogens is 162 g/mol. The lowest BCUT2D eigenvalue weighted by Gasteiger charge is -1.97. The Morgan fingerprint density at radius 2 is 1.91 bits per heavy atom. The van der Waals surface area contributed by atoms with Crippen LogP contribution in [0.25, 0.3) is 0 Å². The molecule has 0 aliphatic rings. The average molecular weight is 170 g/mol.